The molecule has 0 saturated heterocycles. The van der Waals surface area contributed by atoms with Gasteiger partial charge in [-0.3, -0.25) is 0 Å². The summed E-state index contributed by atoms with van der Waals surface area (Å²) in [6, 6.07) is 13.9. The largest absolute Gasteiger partial charge is 0.416 e. The standard InChI is InChI=1S/C20H19F3/c1-2-3-7-18-17-8-5-4-6-15(17)13-19(18)14-9-11-16(12-10-14)20(21,22)23/h4-6,8-12H,2-3,7,13H2,1H3. The van der Waals surface area contributed by atoms with E-state index in [1.807, 2.05) is 12.1 Å². The first-order valence-corrected chi connectivity index (χ1v) is 7.98. The zero-order valence-corrected chi connectivity index (χ0v) is 13.1. The summed E-state index contributed by atoms with van der Waals surface area (Å²) < 4.78 is 38.2. The molecule has 2 aromatic rings. The van der Waals surface area contributed by atoms with Crippen LogP contribution in [0, 0.1) is 0 Å². The highest BCUT2D eigenvalue weighted by atomic mass is 19.4. The minimum atomic E-state index is -4.28. The zero-order valence-electron chi connectivity index (χ0n) is 13.1. The van der Waals surface area contributed by atoms with Crippen molar-refractivity contribution >= 4 is 11.1 Å². The molecule has 0 fully saturated rings. The number of halogens is 3. The van der Waals surface area contributed by atoms with Crippen molar-refractivity contribution in [3.63, 3.8) is 0 Å². The van der Waals surface area contributed by atoms with Crippen LogP contribution in [0.25, 0.3) is 11.1 Å². The third-order valence-corrected chi connectivity index (χ3v) is 4.42. The van der Waals surface area contributed by atoms with Crippen molar-refractivity contribution in [1.82, 2.24) is 0 Å². The summed E-state index contributed by atoms with van der Waals surface area (Å²) in [6.07, 6.45) is -0.305. The van der Waals surface area contributed by atoms with E-state index in [1.54, 1.807) is 12.1 Å². The van der Waals surface area contributed by atoms with Gasteiger partial charge >= 0.3 is 6.18 Å². The molecule has 0 saturated carbocycles. The summed E-state index contributed by atoms with van der Waals surface area (Å²) in [6.45, 7) is 2.15. The van der Waals surface area contributed by atoms with Crippen LogP contribution in [0.3, 0.4) is 0 Å². The second-order valence-electron chi connectivity index (χ2n) is 5.97. The zero-order chi connectivity index (χ0) is 16.4. The highest BCUT2D eigenvalue weighted by molar-refractivity contribution is 5.97. The quantitative estimate of drug-likeness (QED) is 0.615. The molecule has 0 atom stereocenters. The molecule has 23 heavy (non-hydrogen) atoms. The summed E-state index contributed by atoms with van der Waals surface area (Å²) in [5.41, 5.74) is 5.31. The predicted molar refractivity (Wildman–Crippen MR) is 87.9 cm³/mol. The Hall–Kier alpha value is -2.03. The maximum absolute atomic E-state index is 12.7. The number of hydrogen-bond donors (Lipinski definition) is 0. The minimum absolute atomic E-state index is 0.590. The molecule has 0 aliphatic heterocycles. The fourth-order valence-electron chi connectivity index (χ4n) is 3.20. The second-order valence-corrected chi connectivity index (χ2v) is 5.97. The molecule has 0 aromatic heterocycles. The van der Waals surface area contributed by atoms with Crippen LogP contribution in [0.1, 0.15) is 48.4 Å². The summed E-state index contributed by atoms with van der Waals surface area (Å²) in [5, 5.41) is 0. The first-order chi connectivity index (χ1) is 11.0. The van der Waals surface area contributed by atoms with Crippen molar-refractivity contribution in [2.75, 3.05) is 0 Å². The van der Waals surface area contributed by atoms with E-state index < -0.39 is 11.7 Å². The van der Waals surface area contributed by atoms with Gasteiger partial charge in [0.05, 0.1) is 5.56 Å². The number of allylic oxidation sites excluding steroid dienone is 2. The van der Waals surface area contributed by atoms with Crippen molar-refractivity contribution in [2.24, 2.45) is 0 Å². The molecule has 0 nitrogen and oxygen atoms in total. The molecule has 1 aliphatic rings. The number of benzene rings is 2. The Morgan fingerprint density at radius 1 is 0.957 bits per heavy atom. The smallest absolute Gasteiger partial charge is 0.166 e. The van der Waals surface area contributed by atoms with Gasteiger partial charge in [-0.1, -0.05) is 49.7 Å². The van der Waals surface area contributed by atoms with E-state index in [2.05, 4.69) is 19.1 Å². The molecule has 1 aliphatic carbocycles. The number of alkyl halides is 3. The molecule has 120 valence electrons. The molecule has 0 amide bonds. The van der Waals surface area contributed by atoms with E-state index >= 15 is 0 Å². The van der Waals surface area contributed by atoms with Crippen LogP contribution in [0.2, 0.25) is 0 Å². The van der Waals surface area contributed by atoms with Gasteiger partial charge in [-0.2, -0.15) is 13.2 Å². The average Bonchev–Trinajstić information content (AvgIpc) is 2.91. The van der Waals surface area contributed by atoms with Crippen molar-refractivity contribution < 1.29 is 13.2 Å². The highest BCUT2D eigenvalue weighted by Gasteiger charge is 2.30. The topological polar surface area (TPSA) is 0 Å². The van der Waals surface area contributed by atoms with Crippen molar-refractivity contribution in [3.05, 3.63) is 70.8 Å². The Balaban J connectivity index is 1.99. The average molecular weight is 316 g/mol. The van der Waals surface area contributed by atoms with Crippen LogP contribution < -0.4 is 0 Å². The van der Waals surface area contributed by atoms with Crippen LogP contribution in [-0.2, 0) is 12.6 Å². The van der Waals surface area contributed by atoms with Crippen LogP contribution >= 0.6 is 0 Å². The van der Waals surface area contributed by atoms with E-state index in [-0.39, 0.29) is 0 Å². The Morgan fingerprint density at radius 3 is 2.30 bits per heavy atom. The molecule has 0 heterocycles. The minimum Gasteiger partial charge on any atom is -0.166 e. The van der Waals surface area contributed by atoms with Crippen molar-refractivity contribution in [2.45, 2.75) is 38.8 Å². The SMILES string of the molecule is CCCCC1=C(c2ccc(C(F)(F)F)cc2)Cc2ccccc21. The van der Waals surface area contributed by atoms with Gasteiger partial charge in [0.25, 0.3) is 0 Å². The van der Waals surface area contributed by atoms with Gasteiger partial charge in [0.2, 0.25) is 0 Å². The van der Waals surface area contributed by atoms with Crippen molar-refractivity contribution in [3.8, 4) is 0 Å². The van der Waals surface area contributed by atoms with Gasteiger partial charge in [0, 0.05) is 0 Å². The van der Waals surface area contributed by atoms with Gasteiger partial charge in [-0.15, -0.1) is 0 Å². The fraction of sp³-hybridized carbons (Fsp3) is 0.300. The highest BCUT2D eigenvalue weighted by Crippen LogP contribution is 2.41. The van der Waals surface area contributed by atoms with Gasteiger partial charge in [0.1, 0.15) is 0 Å². The summed E-state index contributed by atoms with van der Waals surface area (Å²) in [4.78, 5) is 0. The third kappa shape index (κ3) is 3.19. The lowest BCUT2D eigenvalue weighted by Gasteiger charge is -2.11. The van der Waals surface area contributed by atoms with E-state index in [0.29, 0.717) is 0 Å². The summed E-state index contributed by atoms with van der Waals surface area (Å²) >= 11 is 0. The van der Waals surface area contributed by atoms with Crippen LogP contribution in [0.4, 0.5) is 13.2 Å². The maximum Gasteiger partial charge on any atom is 0.416 e. The Labute approximate surface area is 134 Å². The van der Waals surface area contributed by atoms with Crippen molar-refractivity contribution in [1.29, 1.82) is 0 Å². The van der Waals surface area contributed by atoms with Gasteiger partial charge < -0.3 is 0 Å². The predicted octanol–water partition coefficient (Wildman–Crippen LogP) is 6.36. The van der Waals surface area contributed by atoms with E-state index in [1.165, 1.54) is 34.4 Å². The van der Waals surface area contributed by atoms with E-state index in [4.69, 9.17) is 0 Å². The van der Waals surface area contributed by atoms with Crippen LogP contribution in [-0.4, -0.2) is 0 Å². The molecule has 3 rings (SSSR count). The monoisotopic (exact) mass is 316 g/mol. The van der Waals surface area contributed by atoms with Gasteiger partial charge in [-0.25, -0.2) is 0 Å². The Kier molecular flexibility index (Phi) is 4.29. The lowest BCUT2D eigenvalue weighted by Crippen LogP contribution is -2.04. The van der Waals surface area contributed by atoms with Gasteiger partial charge in [-0.05, 0) is 59.2 Å². The maximum atomic E-state index is 12.7. The number of unbranched alkanes of at least 4 members (excludes halogenated alkanes) is 1. The van der Waals surface area contributed by atoms with Gasteiger partial charge in [0.15, 0.2) is 0 Å². The lowest BCUT2D eigenvalue weighted by molar-refractivity contribution is -0.137. The molecule has 0 bridgehead atoms. The normalized spacial score (nSPS) is 14.3. The first-order valence-electron chi connectivity index (χ1n) is 7.98. The molecule has 0 radical (unpaired) electrons. The number of hydrogen-bond acceptors (Lipinski definition) is 0. The molecule has 3 heteroatoms. The molecule has 0 unspecified atom stereocenters. The second kappa shape index (κ2) is 6.23. The van der Waals surface area contributed by atoms with Crippen LogP contribution in [0.5, 0.6) is 0 Å². The lowest BCUT2D eigenvalue weighted by atomic mass is 9.96. The van der Waals surface area contributed by atoms with E-state index in [0.717, 1.165) is 31.2 Å². The number of rotatable bonds is 4. The molecule has 0 N–H and O–H groups in total. The molecule has 0 spiro atoms. The Bertz CT molecular complexity index is 721. The Morgan fingerprint density at radius 2 is 1.65 bits per heavy atom. The number of fused-ring (bicyclic) bond motifs is 1. The molecular weight excluding hydrogens is 297 g/mol. The third-order valence-electron chi connectivity index (χ3n) is 4.42. The fourth-order valence-corrected chi connectivity index (χ4v) is 3.20. The molecule has 2 aromatic carbocycles. The first kappa shape index (κ1) is 15.9. The summed E-state index contributed by atoms with van der Waals surface area (Å²) in [7, 11) is 0. The van der Waals surface area contributed by atoms with E-state index in [9.17, 15) is 13.2 Å². The van der Waals surface area contributed by atoms with Crippen LogP contribution in [0.15, 0.2) is 48.5 Å². The summed E-state index contributed by atoms with van der Waals surface area (Å²) in [5.74, 6) is 0. The molecular formula is C20H19F3.